The van der Waals surface area contributed by atoms with Gasteiger partial charge in [-0.1, -0.05) is 93.9 Å². The first-order valence-electron chi connectivity index (χ1n) is 25.8. The topological polar surface area (TPSA) is 455 Å². The van der Waals surface area contributed by atoms with Crippen LogP contribution in [0.15, 0.2) is 84.9 Å². The van der Waals surface area contributed by atoms with E-state index in [9.17, 15) is 55.0 Å². The number of nitrogens with one attached hydrogen (secondary N) is 4. The summed E-state index contributed by atoms with van der Waals surface area (Å²) in [6.07, 6.45) is -2.83. The van der Waals surface area contributed by atoms with Crippen LogP contribution in [0.5, 0.6) is 0 Å². The number of amides is 4. The molecule has 12 N–H and O–H groups in total. The van der Waals surface area contributed by atoms with Crippen molar-refractivity contribution in [2.45, 2.75) is 67.5 Å². The maximum absolute atomic E-state index is 14.2. The standard InChI is InChI=1S/C13H13Cl2FN3O5P.C13H14ClFN3O5P.C12H11Cl2FN3O5P.C12H12ClFN3O5P/c1-6-3-4-9(8(14)5-6)17-13(20)11-10(16)12(15)18-19(11)7(2)24-25(21,22)23;1-7-3-4-10(9(14)5-7)16-13(19)11-6-12(15)17-18(11)8(2)23-24(20,21)22;1-6-2-3-8(7(13)4-6)16-12(19)10-9(15)11(14)17-18(10)5-23-24(20,21)22;1-7-2-3-9(8(13)4-7)15-12(18)10-5-11(14)16-17(10)6-22-23(19,20)21/h3-5,7H,1-2H3,(H,17,20)(H2,21,22,23);3-6,8H,1-2H3,(H,16,19)(H2,20,21,22);2-4H,5H2,1H3,(H,16,19)(H2,20,21,22);2-5H,6H2,1H3,(H,15,18)(H2,19,20,21). The summed E-state index contributed by atoms with van der Waals surface area (Å²) in [5.41, 5.74) is 2.60. The number of aryl methyl sites for hydroxylation is 4. The van der Waals surface area contributed by atoms with Crippen LogP contribution in [-0.2, 0) is 49.8 Å². The molecule has 0 fully saturated rings. The SMILES string of the molecule is Cc1ccc(NC(=O)c2c(F)c(Cl)nn2C(C)OP(=O)(O)O)c(Cl)c1.Cc1ccc(NC(=O)c2c(F)c(Cl)nn2COP(=O)(O)O)c(Cl)c1.Cc1ccc(NC(=O)c2cc(F)nn2C(C)OP(=O)(O)O)c(Cl)c1.Cc1ccc(NC(=O)c2cc(F)nn2COP(=O)(O)O)c(Cl)c1. The lowest BCUT2D eigenvalue weighted by Crippen LogP contribution is -2.22. The third-order valence-corrected chi connectivity index (χ3v) is 15.3. The molecule has 0 spiro atoms. The van der Waals surface area contributed by atoms with E-state index in [4.69, 9.17) is 109 Å². The Morgan fingerprint density at radius 2 is 0.760 bits per heavy atom. The molecule has 0 saturated heterocycles. The monoisotopic (exact) mass is 1550 g/mol. The average molecular weight is 1550 g/mol. The minimum Gasteiger partial charge on any atom is -0.319 e. The quantitative estimate of drug-likeness (QED) is 0.0249. The molecule has 2 atom stereocenters. The van der Waals surface area contributed by atoms with Crippen LogP contribution in [0.1, 0.15) is 90.5 Å². The number of halogens is 10. The van der Waals surface area contributed by atoms with Gasteiger partial charge in [-0.2, -0.15) is 19.0 Å². The summed E-state index contributed by atoms with van der Waals surface area (Å²) in [6, 6.07) is 21.0. The van der Waals surface area contributed by atoms with Crippen molar-refractivity contribution in [1.29, 1.82) is 0 Å². The van der Waals surface area contributed by atoms with Crippen LogP contribution in [0, 0.1) is 51.2 Å². The van der Waals surface area contributed by atoms with Crippen molar-refractivity contribution in [2.24, 2.45) is 0 Å². The number of hydrogen-bond acceptors (Lipinski definition) is 16. The fraction of sp³-hybridized carbons (Fsp3) is 0.200. The van der Waals surface area contributed by atoms with E-state index >= 15 is 0 Å². The fourth-order valence-corrected chi connectivity index (χ4v) is 10.4. The van der Waals surface area contributed by atoms with E-state index in [0.29, 0.717) is 25.4 Å². The van der Waals surface area contributed by atoms with Crippen molar-refractivity contribution in [3.8, 4) is 0 Å². The zero-order chi connectivity index (χ0) is 72.3. The van der Waals surface area contributed by atoms with E-state index in [0.717, 1.165) is 46.0 Å². The van der Waals surface area contributed by atoms with Gasteiger partial charge in [0.15, 0.2) is 59.2 Å². The van der Waals surface area contributed by atoms with Gasteiger partial charge >= 0.3 is 31.3 Å². The molecular weight excluding hydrogens is 1500 g/mol. The van der Waals surface area contributed by atoms with Crippen molar-refractivity contribution in [1.82, 2.24) is 39.1 Å². The molecule has 4 aromatic carbocycles. The number of phosphoric ester groups is 4. The van der Waals surface area contributed by atoms with E-state index in [-0.39, 0.29) is 42.9 Å². The number of aromatic nitrogens is 8. The fourth-order valence-electron chi connectivity index (χ4n) is 7.42. The molecule has 520 valence electrons. The zero-order valence-corrected chi connectivity index (χ0v) is 57.4. The molecule has 0 radical (unpaired) electrons. The van der Waals surface area contributed by atoms with Crippen molar-refractivity contribution in [3.05, 3.63) is 184 Å². The molecule has 0 aliphatic rings. The molecule has 2 unspecified atom stereocenters. The van der Waals surface area contributed by atoms with Gasteiger partial charge in [-0.3, -0.25) is 37.3 Å². The predicted molar refractivity (Wildman–Crippen MR) is 337 cm³/mol. The zero-order valence-electron chi connectivity index (χ0n) is 49.3. The Kier molecular flexibility index (Phi) is 28.3. The van der Waals surface area contributed by atoms with Crippen LogP contribution in [0.4, 0.5) is 40.3 Å². The summed E-state index contributed by atoms with van der Waals surface area (Å²) >= 11 is 35.1. The molecule has 8 aromatic rings. The highest BCUT2D eigenvalue weighted by Crippen LogP contribution is 2.43. The van der Waals surface area contributed by atoms with Gasteiger partial charge in [0, 0.05) is 12.1 Å². The van der Waals surface area contributed by atoms with Crippen LogP contribution in [-0.4, -0.2) is 102 Å². The average Bonchev–Trinajstić information content (AvgIpc) is 1.65. The lowest BCUT2D eigenvalue weighted by molar-refractivity contribution is 0.0793. The normalized spacial score (nSPS) is 12.2. The molecule has 4 aromatic heterocycles. The largest absolute Gasteiger partial charge is 0.471 e. The van der Waals surface area contributed by atoms with Gasteiger partial charge in [-0.25, -0.2) is 45.8 Å². The molecular formula is C50H50Cl6F4N12O20P4. The third kappa shape index (κ3) is 24.5. The van der Waals surface area contributed by atoms with E-state index in [1.807, 2.05) is 13.8 Å². The Balaban J connectivity index is 0.000000232. The van der Waals surface area contributed by atoms with Gasteiger partial charge in [-0.15, -0.1) is 10.2 Å². The Bertz CT molecular complexity index is 4420. The first-order chi connectivity index (χ1) is 44.3. The Labute approximate surface area is 568 Å². The number of anilines is 4. The van der Waals surface area contributed by atoms with Crippen molar-refractivity contribution < 1.29 is 112 Å². The van der Waals surface area contributed by atoms with Gasteiger partial charge in [-0.05, 0) is 112 Å². The molecule has 0 aliphatic heterocycles. The lowest BCUT2D eigenvalue weighted by Gasteiger charge is -2.16. The summed E-state index contributed by atoms with van der Waals surface area (Å²) in [6.45, 7) is 7.94. The highest BCUT2D eigenvalue weighted by Gasteiger charge is 2.32. The van der Waals surface area contributed by atoms with E-state index in [1.54, 1.807) is 74.5 Å². The Hall–Kier alpha value is -6.50. The molecule has 0 bridgehead atoms. The second-order valence-electron chi connectivity index (χ2n) is 19.1. The second kappa shape index (κ2) is 33.8. The predicted octanol–water partition coefficient (Wildman–Crippen LogP) is 11.6. The summed E-state index contributed by atoms with van der Waals surface area (Å²) in [5, 5.41) is 23.1. The first kappa shape index (κ1) is 80.2. The van der Waals surface area contributed by atoms with Crippen LogP contribution in [0.25, 0.3) is 0 Å². The van der Waals surface area contributed by atoms with Crippen molar-refractivity contribution >= 4 is 147 Å². The number of rotatable bonds is 20. The van der Waals surface area contributed by atoms with E-state index in [2.05, 4.69) is 59.8 Å². The molecule has 96 heavy (non-hydrogen) atoms. The van der Waals surface area contributed by atoms with Crippen LogP contribution >= 0.6 is 101 Å². The molecule has 0 saturated carbocycles. The summed E-state index contributed by atoms with van der Waals surface area (Å²) in [5.74, 6) is -7.79. The molecule has 46 heteroatoms. The van der Waals surface area contributed by atoms with Crippen molar-refractivity contribution in [2.75, 3.05) is 21.3 Å². The Morgan fingerprint density at radius 3 is 1.15 bits per heavy atom. The number of benzene rings is 4. The lowest BCUT2D eigenvalue weighted by atomic mass is 10.2. The molecule has 0 aliphatic carbocycles. The van der Waals surface area contributed by atoms with Crippen molar-refractivity contribution in [3.63, 3.8) is 0 Å². The third-order valence-electron chi connectivity index (χ3n) is 11.5. The molecule has 4 heterocycles. The molecule has 4 amide bonds. The first-order valence-corrected chi connectivity index (χ1v) is 34.2. The highest BCUT2D eigenvalue weighted by molar-refractivity contribution is 7.47. The highest BCUT2D eigenvalue weighted by atomic mass is 35.5. The van der Waals surface area contributed by atoms with Gasteiger partial charge in [0.05, 0.1) is 42.8 Å². The maximum Gasteiger partial charge on any atom is 0.471 e. The molecule has 32 nitrogen and oxygen atoms in total. The van der Waals surface area contributed by atoms with Gasteiger partial charge in [0.25, 0.3) is 23.6 Å². The summed E-state index contributed by atoms with van der Waals surface area (Å²) in [4.78, 5) is 119. The number of nitrogens with zero attached hydrogens (tertiary/aromatic N) is 8. The minimum atomic E-state index is -4.90. The molecule has 8 rings (SSSR count). The number of carbonyl (C=O) groups is 4. The van der Waals surface area contributed by atoms with Gasteiger partial charge < -0.3 is 60.4 Å². The van der Waals surface area contributed by atoms with Crippen LogP contribution in [0.3, 0.4) is 0 Å². The van der Waals surface area contributed by atoms with E-state index in [1.165, 1.54) is 19.1 Å². The number of carbonyl (C=O) groups excluding carboxylic acids is 4. The Morgan fingerprint density at radius 1 is 0.438 bits per heavy atom. The number of phosphoric acid groups is 4. The summed E-state index contributed by atoms with van der Waals surface area (Å²) < 4.78 is 118. The van der Waals surface area contributed by atoms with Crippen LogP contribution in [0.2, 0.25) is 30.4 Å². The van der Waals surface area contributed by atoms with E-state index < -0.39 is 126 Å². The van der Waals surface area contributed by atoms with Crippen LogP contribution < -0.4 is 21.3 Å². The van der Waals surface area contributed by atoms with Gasteiger partial charge in [0.1, 0.15) is 11.4 Å². The van der Waals surface area contributed by atoms with Gasteiger partial charge in [0.2, 0.25) is 11.9 Å². The second-order valence-corrected chi connectivity index (χ2v) is 26.3. The minimum absolute atomic E-state index is 0.212. The smallest absolute Gasteiger partial charge is 0.319 e. The number of hydrogen-bond donors (Lipinski definition) is 12. The summed E-state index contributed by atoms with van der Waals surface area (Å²) in [7, 11) is -19.4. The maximum atomic E-state index is 14.2.